The highest BCUT2D eigenvalue weighted by Crippen LogP contribution is 2.07. The van der Waals surface area contributed by atoms with Crippen molar-refractivity contribution in [1.82, 2.24) is 19.3 Å². The summed E-state index contributed by atoms with van der Waals surface area (Å²) in [7, 11) is 1.63. The average molecular weight is 314 g/mol. The molecular formula is C16H18N4O3. The van der Waals surface area contributed by atoms with E-state index in [4.69, 9.17) is 4.52 Å². The van der Waals surface area contributed by atoms with Crippen LogP contribution in [-0.4, -0.2) is 19.3 Å². The summed E-state index contributed by atoms with van der Waals surface area (Å²) in [5.41, 5.74) is 0.645. The van der Waals surface area contributed by atoms with Gasteiger partial charge in [-0.15, -0.1) is 0 Å². The van der Waals surface area contributed by atoms with Gasteiger partial charge in [-0.2, -0.15) is 0 Å². The second-order valence-corrected chi connectivity index (χ2v) is 5.56. The topological polar surface area (TPSA) is 82.9 Å². The Labute approximate surface area is 132 Å². The van der Waals surface area contributed by atoms with Gasteiger partial charge in [0, 0.05) is 32.3 Å². The molecule has 0 aliphatic carbocycles. The molecule has 0 saturated heterocycles. The van der Waals surface area contributed by atoms with Crippen LogP contribution in [0.3, 0.4) is 0 Å². The molecular weight excluding hydrogens is 296 g/mol. The summed E-state index contributed by atoms with van der Waals surface area (Å²) in [5.74, 6) is 0.825. The third-order valence-corrected chi connectivity index (χ3v) is 3.83. The van der Waals surface area contributed by atoms with Gasteiger partial charge >= 0.3 is 5.69 Å². The van der Waals surface area contributed by atoms with Crippen LogP contribution < -0.4 is 11.2 Å². The maximum atomic E-state index is 12.5. The van der Waals surface area contributed by atoms with Crippen molar-refractivity contribution in [3.8, 4) is 0 Å². The molecule has 23 heavy (non-hydrogen) atoms. The highest BCUT2D eigenvalue weighted by molar-refractivity contribution is 5.73. The Bertz CT molecular complexity index is 952. The Kier molecular flexibility index (Phi) is 4.10. The van der Waals surface area contributed by atoms with Crippen molar-refractivity contribution in [1.29, 1.82) is 0 Å². The minimum atomic E-state index is -0.336. The Morgan fingerprint density at radius 3 is 2.83 bits per heavy atom. The summed E-state index contributed by atoms with van der Waals surface area (Å²) >= 11 is 0. The van der Waals surface area contributed by atoms with Gasteiger partial charge in [-0.3, -0.25) is 13.9 Å². The molecule has 7 heteroatoms. The van der Waals surface area contributed by atoms with Gasteiger partial charge in [-0.25, -0.2) is 9.78 Å². The van der Waals surface area contributed by atoms with Crippen molar-refractivity contribution in [2.45, 2.75) is 32.7 Å². The lowest BCUT2D eigenvalue weighted by Gasteiger charge is -2.09. The lowest BCUT2D eigenvalue weighted by molar-refractivity contribution is 0.374. The zero-order valence-electron chi connectivity index (χ0n) is 13.2. The lowest BCUT2D eigenvalue weighted by atomic mass is 10.2. The number of hydrogen-bond acceptors (Lipinski definition) is 5. The molecule has 0 aliphatic heterocycles. The first-order valence-electron chi connectivity index (χ1n) is 7.54. The van der Waals surface area contributed by atoms with E-state index in [1.807, 2.05) is 13.0 Å². The molecule has 0 fully saturated rings. The van der Waals surface area contributed by atoms with Gasteiger partial charge in [0.05, 0.1) is 11.1 Å². The number of aromatic nitrogens is 4. The van der Waals surface area contributed by atoms with E-state index in [1.165, 1.54) is 9.13 Å². The zero-order valence-corrected chi connectivity index (χ0v) is 13.2. The predicted molar refractivity (Wildman–Crippen MR) is 85.4 cm³/mol. The molecule has 0 radical (unpaired) electrons. The molecule has 3 aromatic rings. The molecule has 0 aliphatic rings. The van der Waals surface area contributed by atoms with E-state index >= 15 is 0 Å². The molecule has 0 saturated carbocycles. The van der Waals surface area contributed by atoms with Gasteiger partial charge in [-0.1, -0.05) is 5.16 Å². The fourth-order valence-electron chi connectivity index (χ4n) is 2.64. The number of pyridine rings is 1. The molecule has 0 bridgehead atoms. The minimum absolute atomic E-state index is 0.285. The van der Waals surface area contributed by atoms with E-state index in [0.717, 1.165) is 24.3 Å². The van der Waals surface area contributed by atoms with Crippen molar-refractivity contribution in [2.75, 3.05) is 0 Å². The zero-order chi connectivity index (χ0) is 16.4. The van der Waals surface area contributed by atoms with E-state index in [9.17, 15) is 9.59 Å². The monoisotopic (exact) mass is 314 g/mol. The second kappa shape index (κ2) is 6.20. The van der Waals surface area contributed by atoms with Crippen LogP contribution in [0.1, 0.15) is 24.3 Å². The molecule has 120 valence electrons. The molecule has 0 spiro atoms. The number of unbranched alkanes of at least 4 members (excludes halogenated alkanes) is 1. The Hall–Kier alpha value is -2.70. The van der Waals surface area contributed by atoms with E-state index < -0.39 is 0 Å². The lowest BCUT2D eigenvalue weighted by Crippen LogP contribution is -2.39. The molecule has 0 aromatic carbocycles. The van der Waals surface area contributed by atoms with Crippen molar-refractivity contribution in [2.24, 2.45) is 7.05 Å². The summed E-state index contributed by atoms with van der Waals surface area (Å²) in [6, 6.07) is 5.29. The maximum absolute atomic E-state index is 12.5. The standard InChI is InChI=1S/C16H18N4O3/c1-11-10-12(23-18-11)6-3-4-9-20-15(21)13-7-5-8-17-14(13)19(2)16(20)22/h5,7-8,10H,3-4,6,9H2,1-2H3. The van der Waals surface area contributed by atoms with Gasteiger partial charge in [0.25, 0.3) is 5.56 Å². The minimum Gasteiger partial charge on any atom is -0.361 e. The molecule has 3 heterocycles. The van der Waals surface area contributed by atoms with Crippen LogP contribution in [0.25, 0.3) is 11.0 Å². The number of nitrogens with zero attached hydrogens (tertiary/aromatic N) is 4. The molecule has 0 N–H and O–H groups in total. The van der Waals surface area contributed by atoms with Gasteiger partial charge in [0.2, 0.25) is 0 Å². The Balaban J connectivity index is 1.78. The molecule has 3 aromatic heterocycles. The van der Waals surface area contributed by atoms with Crippen LogP contribution in [-0.2, 0) is 20.0 Å². The van der Waals surface area contributed by atoms with Gasteiger partial charge < -0.3 is 4.52 Å². The first kappa shape index (κ1) is 15.2. The van der Waals surface area contributed by atoms with Gasteiger partial charge in [0.1, 0.15) is 11.4 Å². The summed E-state index contributed by atoms with van der Waals surface area (Å²) in [5, 5.41) is 4.30. The number of rotatable bonds is 5. The first-order chi connectivity index (χ1) is 11.1. The number of fused-ring (bicyclic) bond motifs is 1. The number of aryl methyl sites for hydroxylation is 3. The normalized spacial score (nSPS) is 11.2. The largest absolute Gasteiger partial charge is 0.361 e. The Morgan fingerprint density at radius 2 is 2.09 bits per heavy atom. The van der Waals surface area contributed by atoms with Gasteiger partial charge in [0.15, 0.2) is 0 Å². The molecule has 0 amide bonds. The molecule has 0 unspecified atom stereocenters. The maximum Gasteiger partial charge on any atom is 0.332 e. The van der Waals surface area contributed by atoms with Crippen LogP contribution in [0, 0.1) is 6.92 Å². The fraction of sp³-hybridized carbons (Fsp3) is 0.375. The first-order valence-corrected chi connectivity index (χ1v) is 7.54. The quantitative estimate of drug-likeness (QED) is 0.665. The van der Waals surface area contributed by atoms with Crippen molar-refractivity contribution in [3.05, 3.63) is 56.7 Å². The SMILES string of the molecule is Cc1cc(CCCCn2c(=O)c3cccnc3n(C)c2=O)on1. The van der Waals surface area contributed by atoms with E-state index in [-0.39, 0.29) is 11.2 Å². The van der Waals surface area contributed by atoms with Crippen molar-refractivity contribution in [3.63, 3.8) is 0 Å². The summed E-state index contributed by atoms with van der Waals surface area (Å²) < 4.78 is 7.83. The fourth-order valence-corrected chi connectivity index (χ4v) is 2.64. The third-order valence-electron chi connectivity index (χ3n) is 3.83. The molecule has 7 nitrogen and oxygen atoms in total. The highest BCUT2D eigenvalue weighted by Gasteiger charge is 2.11. The van der Waals surface area contributed by atoms with Crippen molar-refractivity contribution >= 4 is 11.0 Å². The van der Waals surface area contributed by atoms with E-state index in [1.54, 1.807) is 25.4 Å². The Morgan fingerprint density at radius 1 is 1.26 bits per heavy atom. The van der Waals surface area contributed by atoms with Crippen LogP contribution >= 0.6 is 0 Å². The van der Waals surface area contributed by atoms with E-state index in [0.29, 0.717) is 24.0 Å². The third kappa shape index (κ3) is 2.94. The van der Waals surface area contributed by atoms with Gasteiger partial charge in [-0.05, 0) is 31.9 Å². The van der Waals surface area contributed by atoms with E-state index in [2.05, 4.69) is 10.1 Å². The van der Waals surface area contributed by atoms with Crippen molar-refractivity contribution < 1.29 is 4.52 Å². The summed E-state index contributed by atoms with van der Waals surface area (Å²) in [6.45, 7) is 2.25. The summed E-state index contributed by atoms with van der Waals surface area (Å²) in [6.07, 6.45) is 3.84. The average Bonchev–Trinajstić information content (AvgIpc) is 2.97. The predicted octanol–water partition coefficient (Wildman–Crippen LogP) is 1.41. The van der Waals surface area contributed by atoms with Crippen LogP contribution in [0.15, 0.2) is 38.5 Å². The smallest absolute Gasteiger partial charge is 0.332 e. The summed E-state index contributed by atoms with van der Waals surface area (Å²) in [4.78, 5) is 28.9. The number of hydrogen-bond donors (Lipinski definition) is 0. The second-order valence-electron chi connectivity index (χ2n) is 5.56. The highest BCUT2D eigenvalue weighted by atomic mass is 16.5. The van der Waals surface area contributed by atoms with Crippen LogP contribution in [0.2, 0.25) is 0 Å². The molecule has 0 atom stereocenters. The van der Waals surface area contributed by atoms with Crippen LogP contribution in [0.4, 0.5) is 0 Å². The molecule has 3 rings (SSSR count). The van der Waals surface area contributed by atoms with Crippen LogP contribution in [0.5, 0.6) is 0 Å².